The number of piperidine rings is 1. The summed E-state index contributed by atoms with van der Waals surface area (Å²) in [4.78, 5) is 19.1. The zero-order valence-electron chi connectivity index (χ0n) is 16.2. The van der Waals surface area contributed by atoms with Gasteiger partial charge in [-0.2, -0.15) is 4.98 Å². The van der Waals surface area contributed by atoms with Gasteiger partial charge < -0.3 is 14.5 Å². The van der Waals surface area contributed by atoms with E-state index in [1.54, 1.807) is 29.7 Å². The molecule has 0 saturated carbocycles. The zero-order valence-corrected chi connectivity index (χ0v) is 16.2. The predicted molar refractivity (Wildman–Crippen MR) is 99.7 cm³/mol. The number of nitrogens with zero attached hydrogens (tertiary/aromatic N) is 6. The number of aliphatic hydroxyl groups excluding tert-OH is 1. The fourth-order valence-electron chi connectivity index (χ4n) is 3.54. The van der Waals surface area contributed by atoms with Gasteiger partial charge in [0.25, 0.3) is 5.91 Å². The maximum Gasteiger partial charge on any atom is 0.255 e. The smallest absolute Gasteiger partial charge is 0.255 e. The van der Waals surface area contributed by atoms with Crippen LogP contribution in [-0.4, -0.2) is 53.7 Å². The van der Waals surface area contributed by atoms with Crippen LogP contribution < -0.4 is 0 Å². The Bertz CT molecular complexity index is 987. The van der Waals surface area contributed by atoms with Crippen molar-refractivity contribution in [3.05, 3.63) is 41.4 Å². The summed E-state index contributed by atoms with van der Waals surface area (Å²) in [5, 5.41) is 22.5. The van der Waals surface area contributed by atoms with Gasteiger partial charge in [-0.05, 0) is 30.9 Å². The lowest BCUT2D eigenvalue weighted by atomic mass is 9.96. The number of likely N-dealkylation sites (tertiary alicyclic amines) is 1. The van der Waals surface area contributed by atoms with E-state index in [2.05, 4.69) is 20.3 Å². The van der Waals surface area contributed by atoms with E-state index in [0.29, 0.717) is 36.0 Å². The van der Waals surface area contributed by atoms with Gasteiger partial charge in [-0.3, -0.25) is 9.20 Å². The van der Waals surface area contributed by atoms with E-state index >= 15 is 0 Å². The molecule has 9 heteroatoms. The lowest BCUT2D eigenvalue weighted by Crippen LogP contribution is -2.38. The quantitative estimate of drug-likeness (QED) is 0.734. The molecule has 1 fully saturated rings. The molecule has 0 aliphatic carbocycles. The Kier molecular flexibility index (Phi) is 4.84. The fourth-order valence-corrected chi connectivity index (χ4v) is 3.54. The van der Waals surface area contributed by atoms with Gasteiger partial charge >= 0.3 is 0 Å². The van der Waals surface area contributed by atoms with E-state index in [4.69, 9.17) is 4.52 Å². The molecule has 3 aromatic heterocycles. The highest BCUT2D eigenvalue weighted by molar-refractivity contribution is 5.94. The molecule has 1 unspecified atom stereocenters. The number of rotatable bonds is 4. The summed E-state index contributed by atoms with van der Waals surface area (Å²) in [7, 11) is 0. The number of pyridine rings is 1. The molecule has 0 aromatic carbocycles. The Morgan fingerprint density at radius 3 is 2.64 bits per heavy atom. The van der Waals surface area contributed by atoms with Crippen molar-refractivity contribution in [2.45, 2.75) is 45.6 Å². The third-order valence-electron chi connectivity index (χ3n) is 5.26. The Morgan fingerprint density at radius 1 is 1.25 bits per heavy atom. The van der Waals surface area contributed by atoms with Crippen LogP contribution in [0.1, 0.15) is 66.6 Å². The number of carbonyl (C=O) groups is 1. The van der Waals surface area contributed by atoms with E-state index in [1.807, 2.05) is 18.7 Å². The minimum absolute atomic E-state index is 0.000405. The molecule has 1 amide bonds. The number of aliphatic hydroxyl groups is 1. The van der Waals surface area contributed by atoms with Crippen LogP contribution in [0.3, 0.4) is 0 Å². The molecule has 0 radical (unpaired) electrons. The molecule has 1 atom stereocenters. The summed E-state index contributed by atoms with van der Waals surface area (Å²) in [6, 6.07) is 3.51. The number of hydrogen-bond acceptors (Lipinski definition) is 7. The molecule has 0 spiro atoms. The van der Waals surface area contributed by atoms with Gasteiger partial charge in [0.05, 0.1) is 5.56 Å². The standard InChI is InChI=1S/C19H24N6O3/c1-11(2)16(26)18-22-21-15-5-4-14(10-25(15)18)19(27)24-8-6-13(7-9-24)17-20-12(3)28-23-17/h4-5,10-11,13,16,26H,6-9H2,1-3H3. The predicted octanol–water partition coefficient (Wildman–Crippen LogP) is 2.13. The fraction of sp³-hybridized carbons (Fsp3) is 0.526. The van der Waals surface area contributed by atoms with Crippen LogP contribution in [0.5, 0.6) is 0 Å². The largest absolute Gasteiger partial charge is 0.385 e. The first-order chi connectivity index (χ1) is 13.4. The first-order valence-corrected chi connectivity index (χ1v) is 9.56. The van der Waals surface area contributed by atoms with Crippen LogP contribution in [0.2, 0.25) is 0 Å². The van der Waals surface area contributed by atoms with E-state index < -0.39 is 6.10 Å². The summed E-state index contributed by atoms with van der Waals surface area (Å²) >= 11 is 0. The SMILES string of the molecule is Cc1nc(C2CCN(C(=O)c3ccc4nnc(C(O)C(C)C)n4c3)CC2)no1. The summed E-state index contributed by atoms with van der Waals surface area (Å²) in [5.74, 6) is 1.92. The zero-order chi connectivity index (χ0) is 19.8. The molecule has 4 rings (SSSR count). The van der Waals surface area contributed by atoms with Gasteiger partial charge in [-0.15, -0.1) is 10.2 Å². The van der Waals surface area contributed by atoms with Crippen LogP contribution in [0.4, 0.5) is 0 Å². The maximum atomic E-state index is 13.0. The number of aryl methyl sites for hydroxylation is 1. The number of fused-ring (bicyclic) bond motifs is 1. The van der Waals surface area contributed by atoms with Crippen LogP contribution in [0, 0.1) is 12.8 Å². The summed E-state index contributed by atoms with van der Waals surface area (Å²) in [6.07, 6.45) is 2.58. The monoisotopic (exact) mass is 384 g/mol. The van der Waals surface area contributed by atoms with Crippen LogP contribution in [-0.2, 0) is 0 Å². The molecule has 1 saturated heterocycles. The second-order valence-corrected chi connectivity index (χ2v) is 7.63. The molecule has 4 heterocycles. The Labute approximate surface area is 162 Å². The lowest BCUT2D eigenvalue weighted by molar-refractivity contribution is 0.0709. The second kappa shape index (κ2) is 7.31. The van der Waals surface area contributed by atoms with Crippen molar-refractivity contribution in [3.8, 4) is 0 Å². The van der Waals surface area contributed by atoms with Crippen molar-refractivity contribution in [3.63, 3.8) is 0 Å². The normalized spacial score (nSPS) is 16.8. The molecule has 3 aromatic rings. The van der Waals surface area contributed by atoms with E-state index in [0.717, 1.165) is 18.7 Å². The van der Waals surface area contributed by atoms with Crippen molar-refractivity contribution in [1.82, 2.24) is 29.6 Å². The highest BCUT2D eigenvalue weighted by atomic mass is 16.5. The topological polar surface area (TPSA) is 110 Å². The highest BCUT2D eigenvalue weighted by Gasteiger charge is 2.28. The molecule has 148 valence electrons. The van der Waals surface area contributed by atoms with Crippen LogP contribution in [0.15, 0.2) is 22.9 Å². The molecule has 9 nitrogen and oxygen atoms in total. The number of hydrogen-bond donors (Lipinski definition) is 1. The van der Waals surface area contributed by atoms with Gasteiger partial charge in [-0.25, -0.2) is 0 Å². The molecule has 1 N–H and O–H groups in total. The van der Waals surface area contributed by atoms with E-state index in [1.165, 1.54) is 0 Å². The third kappa shape index (κ3) is 3.37. The van der Waals surface area contributed by atoms with Crippen LogP contribution in [0.25, 0.3) is 5.65 Å². The van der Waals surface area contributed by atoms with Gasteiger partial charge in [0.2, 0.25) is 5.89 Å². The van der Waals surface area contributed by atoms with Crippen molar-refractivity contribution in [2.75, 3.05) is 13.1 Å². The van der Waals surface area contributed by atoms with E-state index in [-0.39, 0.29) is 17.7 Å². The second-order valence-electron chi connectivity index (χ2n) is 7.63. The summed E-state index contributed by atoms with van der Waals surface area (Å²) in [6.45, 7) is 6.88. The minimum Gasteiger partial charge on any atom is -0.385 e. The molecule has 28 heavy (non-hydrogen) atoms. The molecule has 1 aliphatic heterocycles. The van der Waals surface area contributed by atoms with Gasteiger partial charge in [0, 0.05) is 32.1 Å². The summed E-state index contributed by atoms with van der Waals surface area (Å²) in [5.41, 5.74) is 1.16. The van der Waals surface area contributed by atoms with Gasteiger partial charge in [-0.1, -0.05) is 19.0 Å². The van der Waals surface area contributed by atoms with Crippen LogP contribution >= 0.6 is 0 Å². The average Bonchev–Trinajstić information content (AvgIpc) is 3.32. The molecular formula is C19H24N6O3. The van der Waals surface area contributed by atoms with Crippen molar-refractivity contribution >= 4 is 11.6 Å². The Morgan fingerprint density at radius 2 is 2.00 bits per heavy atom. The number of amides is 1. The van der Waals surface area contributed by atoms with Crippen molar-refractivity contribution in [2.24, 2.45) is 5.92 Å². The number of carbonyl (C=O) groups excluding carboxylic acids is 1. The van der Waals surface area contributed by atoms with Crippen molar-refractivity contribution in [1.29, 1.82) is 0 Å². The Balaban J connectivity index is 1.50. The van der Waals surface area contributed by atoms with Crippen molar-refractivity contribution < 1.29 is 14.4 Å². The summed E-state index contributed by atoms with van der Waals surface area (Å²) < 4.78 is 6.77. The van der Waals surface area contributed by atoms with Gasteiger partial charge in [0.15, 0.2) is 17.3 Å². The first-order valence-electron chi connectivity index (χ1n) is 9.56. The lowest BCUT2D eigenvalue weighted by Gasteiger charge is -2.30. The maximum absolute atomic E-state index is 13.0. The van der Waals surface area contributed by atoms with E-state index in [9.17, 15) is 9.90 Å². The third-order valence-corrected chi connectivity index (χ3v) is 5.26. The minimum atomic E-state index is -0.741. The average molecular weight is 384 g/mol. The first kappa shape index (κ1) is 18.5. The highest BCUT2D eigenvalue weighted by Crippen LogP contribution is 2.27. The molecular weight excluding hydrogens is 360 g/mol. The molecule has 1 aliphatic rings. The molecule has 0 bridgehead atoms. The Hall–Kier alpha value is -2.81. The number of aromatic nitrogens is 5. The van der Waals surface area contributed by atoms with Gasteiger partial charge in [0.1, 0.15) is 6.10 Å².